The molecule has 0 bridgehead atoms. The Labute approximate surface area is 475 Å². The van der Waals surface area contributed by atoms with Crippen molar-refractivity contribution < 1.29 is 52.2 Å². The second-order valence-corrected chi connectivity index (χ2v) is 21.6. The van der Waals surface area contributed by atoms with Crippen LogP contribution >= 0.6 is 7.82 Å². The Hall–Kier alpha value is -3.86. The molecule has 0 amide bonds. The number of rotatable bonds is 56. The summed E-state index contributed by atoms with van der Waals surface area (Å²) < 4.78 is 39.5. The van der Waals surface area contributed by atoms with Crippen LogP contribution in [0.25, 0.3) is 0 Å². The zero-order chi connectivity index (χ0) is 56.9. The van der Waals surface area contributed by atoms with Gasteiger partial charge in [-0.05, 0) is 109 Å². The van der Waals surface area contributed by atoms with E-state index in [0.29, 0.717) is 19.3 Å². The summed E-state index contributed by atoms with van der Waals surface area (Å²) in [6, 6.07) is 0. The molecular weight excluding hydrogens is 1000 g/mol. The van der Waals surface area contributed by atoms with Crippen molar-refractivity contribution in [1.82, 2.24) is 0 Å². The molecule has 11 nitrogen and oxygen atoms in total. The number of unbranched alkanes of at least 4 members (excludes halogenated alkanes) is 21. The molecule has 2 N–H and O–H groups in total. The topological polar surface area (TPSA) is 155 Å². The van der Waals surface area contributed by atoms with E-state index >= 15 is 0 Å². The van der Waals surface area contributed by atoms with E-state index in [0.717, 1.165) is 109 Å². The van der Waals surface area contributed by atoms with Gasteiger partial charge in [-0.25, -0.2) is 4.57 Å². The number of phosphoric ester groups is 1. The molecule has 0 saturated heterocycles. The van der Waals surface area contributed by atoms with Crippen LogP contribution in [0.3, 0.4) is 0 Å². The minimum Gasteiger partial charge on any atom is -0.462 e. The molecule has 0 radical (unpaired) electrons. The fourth-order valence-electron chi connectivity index (χ4n) is 8.06. The molecule has 446 valence electrons. The molecule has 0 fully saturated rings. The van der Waals surface area contributed by atoms with Gasteiger partial charge in [0.25, 0.3) is 0 Å². The zero-order valence-corrected chi connectivity index (χ0v) is 50.2. The SMILES string of the molecule is CC/C=C\C/C=C\C/C=C\C/C=C\CCCCCCCCC(=O)OCC(COP(=O)(O)OCC(CO)OC(=O)CC/C=C\C/C=C\C/C=C\C/C=C\CC)OC(=O)CCCCCCCCCCC/C=C\CCCCCCCC. The predicted molar refractivity (Wildman–Crippen MR) is 325 cm³/mol. The monoisotopic (exact) mass is 1110 g/mol. The van der Waals surface area contributed by atoms with Crippen LogP contribution in [0, 0.1) is 0 Å². The second-order valence-electron chi connectivity index (χ2n) is 20.1. The van der Waals surface area contributed by atoms with E-state index in [1.807, 2.05) is 12.2 Å². The highest BCUT2D eigenvalue weighted by Gasteiger charge is 2.28. The molecule has 0 rings (SSSR count). The molecule has 0 aliphatic heterocycles. The molecule has 0 aromatic carbocycles. The maximum Gasteiger partial charge on any atom is 0.472 e. The van der Waals surface area contributed by atoms with Crippen LogP contribution in [0.4, 0.5) is 0 Å². The summed E-state index contributed by atoms with van der Waals surface area (Å²) in [6.45, 7) is 4.32. The van der Waals surface area contributed by atoms with Gasteiger partial charge in [0.15, 0.2) is 6.10 Å². The minimum absolute atomic E-state index is 0.0510. The number of hydrogen-bond acceptors (Lipinski definition) is 10. The third kappa shape index (κ3) is 56.8. The first-order valence-electron chi connectivity index (χ1n) is 30.8. The number of aliphatic hydroxyl groups excluding tert-OH is 1. The van der Waals surface area contributed by atoms with Crippen LogP contribution in [0.1, 0.15) is 252 Å². The number of esters is 3. The Balaban J connectivity index is 4.79. The van der Waals surface area contributed by atoms with Crippen LogP contribution in [-0.2, 0) is 42.2 Å². The Morgan fingerprint density at radius 1 is 0.372 bits per heavy atom. The number of carbonyl (C=O) groups is 3. The number of hydrogen-bond donors (Lipinski definition) is 2. The summed E-state index contributed by atoms with van der Waals surface area (Å²) >= 11 is 0. The predicted octanol–water partition coefficient (Wildman–Crippen LogP) is 18.6. The molecule has 0 aliphatic rings. The highest BCUT2D eigenvalue weighted by atomic mass is 31.2. The fourth-order valence-corrected chi connectivity index (χ4v) is 8.85. The van der Waals surface area contributed by atoms with Gasteiger partial charge in [0.2, 0.25) is 0 Å². The number of allylic oxidation sites excluding steroid dienone is 18. The highest BCUT2D eigenvalue weighted by Crippen LogP contribution is 2.43. The number of phosphoric acid groups is 1. The van der Waals surface area contributed by atoms with Crippen molar-refractivity contribution in [1.29, 1.82) is 0 Å². The summed E-state index contributed by atoms with van der Waals surface area (Å²) in [5.74, 6) is -1.57. The van der Waals surface area contributed by atoms with E-state index in [1.165, 1.54) is 83.5 Å². The minimum atomic E-state index is -4.78. The average molecular weight is 1110 g/mol. The Morgan fingerprint density at radius 2 is 0.692 bits per heavy atom. The zero-order valence-electron chi connectivity index (χ0n) is 49.3. The second kappa shape index (κ2) is 59.3. The lowest BCUT2D eigenvalue weighted by atomic mass is 10.1. The van der Waals surface area contributed by atoms with Crippen molar-refractivity contribution in [2.24, 2.45) is 0 Å². The molecule has 0 aromatic heterocycles. The molecule has 3 atom stereocenters. The van der Waals surface area contributed by atoms with E-state index < -0.39 is 57.8 Å². The standard InChI is InChI=1S/C66H111O11P/c1-4-7-10-13-16-19-22-25-27-29-31-33-35-38-40-43-46-49-52-55-64(68)73-59-63(77-66(70)57-54-51-48-45-42-39-36-34-32-30-28-26-23-20-17-14-11-8-5-2)61-75-78(71,72)74-60-62(58-67)76-65(69)56-53-50-47-44-41-37-24-21-18-15-12-9-6-3/h7,9-10,12,16,18-19,21,25-28,31,33,37,41,47,50,62-63,67H,4-6,8,11,13-15,17,20,22-24,29-30,32,34-36,38-40,42-46,48-49,51-61H2,1-3H3,(H,71,72)/b10-7-,12-9-,19-16-,21-18-,27-25-,28-26-,33-31-,41-37-,50-47-. The fraction of sp³-hybridized carbons (Fsp3) is 0.682. The van der Waals surface area contributed by atoms with E-state index in [2.05, 4.69) is 118 Å². The normalized spacial score (nSPS) is 14.1. The van der Waals surface area contributed by atoms with Crippen molar-refractivity contribution in [3.8, 4) is 0 Å². The summed E-state index contributed by atoms with van der Waals surface area (Å²) in [5, 5.41) is 9.81. The summed E-state index contributed by atoms with van der Waals surface area (Å²) in [5.41, 5.74) is 0. The first-order chi connectivity index (χ1) is 38.2. The third-order valence-corrected chi connectivity index (χ3v) is 13.6. The molecule has 0 aromatic rings. The van der Waals surface area contributed by atoms with Crippen molar-refractivity contribution >= 4 is 25.7 Å². The molecule has 0 saturated carbocycles. The smallest absolute Gasteiger partial charge is 0.462 e. The third-order valence-electron chi connectivity index (χ3n) is 12.7. The van der Waals surface area contributed by atoms with Crippen molar-refractivity contribution in [2.45, 2.75) is 264 Å². The lowest BCUT2D eigenvalue weighted by molar-refractivity contribution is -0.161. The number of ether oxygens (including phenoxy) is 3. The average Bonchev–Trinajstić information content (AvgIpc) is 3.43. The lowest BCUT2D eigenvalue weighted by Gasteiger charge is -2.21. The summed E-state index contributed by atoms with van der Waals surface area (Å²) in [4.78, 5) is 48.6. The van der Waals surface area contributed by atoms with Gasteiger partial charge >= 0.3 is 25.7 Å². The largest absolute Gasteiger partial charge is 0.472 e. The van der Waals surface area contributed by atoms with E-state index in [4.69, 9.17) is 23.3 Å². The van der Waals surface area contributed by atoms with Crippen LogP contribution in [0.5, 0.6) is 0 Å². The molecular formula is C66H111O11P. The van der Waals surface area contributed by atoms with Crippen molar-refractivity contribution in [2.75, 3.05) is 26.4 Å². The maximum absolute atomic E-state index is 12.9. The van der Waals surface area contributed by atoms with Crippen LogP contribution in [0.15, 0.2) is 109 Å². The lowest BCUT2D eigenvalue weighted by Crippen LogP contribution is -2.30. The molecule has 78 heavy (non-hydrogen) atoms. The molecule has 0 heterocycles. The van der Waals surface area contributed by atoms with Crippen LogP contribution in [0.2, 0.25) is 0 Å². The molecule has 0 aliphatic carbocycles. The Bertz CT molecular complexity index is 1720. The van der Waals surface area contributed by atoms with Gasteiger partial charge in [-0.3, -0.25) is 23.4 Å². The Morgan fingerprint density at radius 3 is 1.12 bits per heavy atom. The summed E-state index contributed by atoms with van der Waals surface area (Å²) in [6.07, 6.45) is 72.0. The van der Waals surface area contributed by atoms with Gasteiger partial charge in [-0.15, -0.1) is 0 Å². The number of aliphatic hydroxyl groups is 1. The molecule has 12 heteroatoms. The van der Waals surface area contributed by atoms with Gasteiger partial charge in [0.1, 0.15) is 12.7 Å². The van der Waals surface area contributed by atoms with Crippen LogP contribution in [-0.4, -0.2) is 66.5 Å². The van der Waals surface area contributed by atoms with E-state index in [1.54, 1.807) is 0 Å². The first kappa shape index (κ1) is 74.1. The van der Waals surface area contributed by atoms with Crippen LogP contribution < -0.4 is 0 Å². The Kier molecular flexibility index (Phi) is 56.3. The number of carbonyl (C=O) groups excluding carboxylic acids is 3. The first-order valence-corrected chi connectivity index (χ1v) is 32.3. The quantitative estimate of drug-likeness (QED) is 0.0197. The van der Waals surface area contributed by atoms with Gasteiger partial charge in [-0.1, -0.05) is 233 Å². The van der Waals surface area contributed by atoms with E-state index in [-0.39, 0.29) is 25.9 Å². The van der Waals surface area contributed by atoms with E-state index in [9.17, 15) is 28.9 Å². The molecule has 3 unspecified atom stereocenters. The van der Waals surface area contributed by atoms with Crippen molar-refractivity contribution in [3.05, 3.63) is 109 Å². The maximum atomic E-state index is 12.9. The van der Waals surface area contributed by atoms with Gasteiger partial charge in [0.05, 0.1) is 19.8 Å². The summed E-state index contributed by atoms with van der Waals surface area (Å²) in [7, 11) is -4.78. The molecule has 0 spiro atoms. The van der Waals surface area contributed by atoms with Gasteiger partial charge < -0.3 is 24.2 Å². The highest BCUT2D eigenvalue weighted by molar-refractivity contribution is 7.47. The van der Waals surface area contributed by atoms with Crippen molar-refractivity contribution in [3.63, 3.8) is 0 Å². The van der Waals surface area contributed by atoms with Gasteiger partial charge in [0, 0.05) is 19.3 Å². The van der Waals surface area contributed by atoms with Gasteiger partial charge in [-0.2, -0.15) is 0 Å².